The van der Waals surface area contributed by atoms with Crippen LogP contribution in [-0.4, -0.2) is 59.0 Å². The van der Waals surface area contributed by atoms with Crippen LogP contribution in [0.5, 0.6) is 0 Å². The number of anilines is 2. The summed E-state index contributed by atoms with van der Waals surface area (Å²) in [6, 6.07) is 0. The van der Waals surface area contributed by atoms with E-state index < -0.39 is 5.91 Å². The number of aromatic nitrogens is 2. The zero-order valence-corrected chi connectivity index (χ0v) is 13.5. The van der Waals surface area contributed by atoms with Gasteiger partial charge in [-0.05, 0) is 19.9 Å². The minimum absolute atomic E-state index is 0.0178. The molecule has 2 aliphatic rings. The molecule has 0 unspecified atom stereocenters. The first kappa shape index (κ1) is 15.8. The van der Waals surface area contributed by atoms with Gasteiger partial charge in [0.2, 0.25) is 0 Å². The number of amides is 1. The van der Waals surface area contributed by atoms with Gasteiger partial charge in [0.25, 0.3) is 0 Å². The summed E-state index contributed by atoms with van der Waals surface area (Å²) in [7, 11) is 2.10. The van der Waals surface area contributed by atoms with E-state index in [2.05, 4.69) is 37.5 Å². The standard InChI is InChI=1S/C13H19ClN8O/c1-22-4-2-13(3-5-22)6-17-12(21-13)20-11(23)7-9(15)19-10(16)8(14)18-7/h2-6H2,1H3,(H4,15,16,19)(H2,17,20,21,23). The molecule has 0 aromatic carbocycles. The Morgan fingerprint density at radius 1 is 1.30 bits per heavy atom. The second-order valence-corrected chi connectivity index (χ2v) is 6.32. The molecule has 0 aliphatic carbocycles. The zero-order chi connectivity index (χ0) is 16.6. The Morgan fingerprint density at radius 2 is 2.00 bits per heavy atom. The Labute approximate surface area is 138 Å². The lowest BCUT2D eigenvalue weighted by Gasteiger charge is -2.36. The van der Waals surface area contributed by atoms with Gasteiger partial charge in [-0.1, -0.05) is 11.6 Å². The zero-order valence-electron chi connectivity index (χ0n) is 12.8. The van der Waals surface area contributed by atoms with Gasteiger partial charge in [-0.15, -0.1) is 0 Å². The third-order valence-electron chi connectivity index (χ3n) is 4.24. The van der Waals surface area contributed by atoms with E-state index in [4.69, 9.17) is 23.1 Å². The number of nitrogens with two attached hydrogens (primary N) is 2. The number of likely N-dealkylation sites (tertiary alicyclic amines) is 1. The van der Waals surface area contributed by atoms with Crippen molar-refractivity contribution in [3.05, 3.63) is 10.8 Å². The van der Waals surface area contributed by atoms with Crippen molar-refractivity contribution >= 4 is 35.1 Å². The number of guanidine groups is 1. The van der Waals surface area contributed by atoms with Gasteiger partial charge >= 0.3 is 5.91 Å². The lowest BCUT2D eigenvalue weighted by molar-refractivity contribution is 0.0998. The van der Waals surface area contributed by atoms with Crippen molar-refractivity contribution in [2.45, 2.75) is 18.4 Å². The highest BCUT2D eigenvalue weighted by molar-refractivity contribution is 6.31. The van der Waals surface area contributed by atoms with Crippen molar-refractivity contribution in [3.8, 4) is 0 Å². The molecule has 3 heterocycles. The Kier molecular flexibility index (Phi) is 3.99. The summed E-state index contributed by atoms with van der Waals surface area (Å²) >= 11 is 5.79. The molecule has 0 atom stereocenters. The highest BCUT2D eigenvalue weighted by atomic mass is 35.5. The fourth-order valence-corrected chi connectivity index (χ4v) is 2.89. The average molecular weight is 339 g/mol. The lowest BCUT2D eigenvalue weighted by atomic mass is 9.89. The van der Waals surface area contributed by atoms with Crippen LogP contribution in [0.1, 0.15) is 23.3 Å². The molecule has 1 aromatic heterocycles. The smallest absolute Gasteiger partial charge is 0.302 e. The van der Waals surface area contributed by atoms with Gasteiger partial charge < -0.3 is 27.0 Å². The summed E-state index contributed by atoms with van der Waals surface area (Å²) in [4.78, 5) is 26.2. The third kappa shape index (κ3) is 3.15. The maximum absolute atomic E-state index is 12.3. The maximum Gasteiger partial charge on any atom is 0.302 e. The van der Waals surface area contributed by atoms with E-state index in [0.29, 0.717) is 5.96 Å². The second-order valence-electron chi connectivity index (χ2n) is 5.96. The predicted octanol–water partition coefficient (Wildman–Crippen LogP) is -0.552. The molecule has 1 spiro atoms. The Bertz CT molecular complexity index is 668. The average Bonchev–Trinajstić information content (AvgIpc) is 2.89. The Morgan fingerprint density at radius 3 is 2.70 bits per heavy atom. The number of hydrogen-bond acceptors (Lipinski definition) is 6. The van der Waals surface area contributed by atoms with E-state index in [0.717, 1.165) is 32.5 Å². The quantitative estimate of drug-likeness (QED) is 0.535. The molecule has 1 aromatic rings. The number of halogens is 1. The number of aliphatic imine (C=N–C) groups is 1. The van der Waals surface area contributed by atoms with Crippen molar-refractivity contribution in [1.29, 1.82) is 0 Å². The van der Waals surface area contributed by atoms with Gasteiger partial charge in [-0.25, -0.2) is 9.97 Å². The van der Waals surface area contributed by atoms with E-state index in [1.54, 1.807) is 0 Å². The summed E-state index contributed by atoms with van der Waals surface area (Å²) < 4.78 is 0. The Balaban J connectivity index is 1.75. The van der Waals surface area contributed by atoms with E-state index in [9.17, 15) is 4.79 Å². The minimum atomic E-state index is -0.614. The molecule has 2 fully saturated rings. The fraction of sp³-hybridized carbons (Fsp3) is 0.538. The number of rotatable bonds is 1. The van der Waals surface area contributed by atoms with E-state index in [1.165, 1.54) is 0 Å². The number of carbonyl (C=O) groups excluding carboxylic acids is 1. The topological polar surface area (TPSA) is 135 Å². The first-order chi connectivity index (χ1) is 10.9. The van der Waals surface area contributed by atoms with Crippen molar-refractivity contribution in [2.75, 3.05) is 38.1 Å². The van der Waals surface area contributed by atoms with Crippen LogP contribution >= 0.6 is 11.6 Å². The SMILES string of the molecule is CN1CCC2(CC1)CN/C(=N/C(=O)c1nc(Cl)c(N)nc1N)N2. The highest BCUT2D eigenvalue weighted by Crippen LogP contribution is 2.24. The van der Waals surface area contributed by atoms with Gasteiger partial charge in [0.15, 0.2) is 28.4 Å². The Hall–Kier alpha value is -2.13. The number of nitrogens with one attached hydrogen (secondary N) is 2. The van der Waals surface area contributed by atoms with E-state index in [-0.39, 0.29) is 28.0 Å². The monoisotopic (exact) mass is 338 g/mol. The van der Waals surface area contributed by atoms with Crippen molar-refractivity contribution in [3.63, 3.8) is 0 Å². The van der Waals surface area contributed by atoms with Crippen LogP contribution in [-0.2, 0) is 0 Å². The van der Waals surface area contributed by atoms with Crippen LogP contribution < -0.4 is 22.1 Å². The van der Waals surface area contributed by atoms with Crippen LogP contribution in [0.25, 0.3) is 0 Å². The van der Waals surface area contributed by atoms with Gasteiger partial charge in [0, 0.05) is 19.6 Å². The molecule has 0 radical (unpaired) electrons. The summed E-state index contributed by atoms with van der Waals surface area (Å²) in [5.41, 5.74) is 11.0. The van der Waals surface area contributed by atoms with Gasteiger partial charge in [-0.3, -0.25) is 4.79 Å². The first-order valence-corrected chi connectivity index (χ1v) is 7.68. The molecule has 2 aliphatic heterocycles. The molecule has 1 amide bonds. The van der Waals surface area contributed by atoms with Crippen LogP contribution in [0.2, 0.25) is 5.15 Å². The van der Waals surface area contributed by atoms with Crippen molar-refractivity contribution < 1.29 is 4.79 Å². The first-order valence-electron chi connectivity index (χ1n) is 7.31. The van der Waals surface area contributed by atoms with E-state index >= 15 is 0 Å². The lowest BCUT2D eigenvalue weighted by Crippen LogP contribution is -2.51. The van der Waals surface area contributed by atoms with Gasteiger partial charge in [-0.2, -0.15) is 4.99 Å². The molecule has 23 heavy (non-hydrogen) atoms. The third-order valence-corrected chi connectivity index (χ3v) is 4.52. The predicted molar refractivity (Wildman–Crippen MR) is 88.2 cm³/mol. The van der Waals surface area contributed by atoms with Crippen molar-refractivity contribution in [1.82, 2.24) is 25.5 Å². The van der Waals surface area contributed by atoms with Gasteiger partial charge in [0.1, 0.15) is 0 Å². The van der Waals surface area contributed by atoms with E-state index in [1.807, 2.05) is 0 Å². The van der Waals surface area contributed by atoms with Crippen LogP contribution in [0.3, 0.4) is 0 Å². The summed E-state index contributed by atoms with van der Waals surface area (Å²) in [5, 5.41) is 6.38. The molecule has 3 rings (SSSR count). The molecule has 124 valence electrons. The van der Waals surface area contributed by atoms with Crippen LogP contribution in [0.15, 0.2) is 4.99 Å². The van der Waals surface area contributed by atoms with Crippen LogP contribution in [0, 0.1) is 0 Å². The number of nitrogens with zero attached hydrogens (tertiary/aromatic N) is 4. The van der Waals surface area contributed by atoms with Gasteiger partial charge in [0.05, 0.1) is 5.54 Å². The molecular weight excluding hydrogens is 320 g/mol. The summed E-state index contributed by atoms with van der Waals surface area (Å²) in [6.45, 7) is 2.74. The number of carbonyl (C=O) groups is 1. The fourth-order valence-electron chi connectivity index (χ4n) is 2.76. The largest absolute Gasteiger partial charge is 0.382 e. The van der Waals surface area contributed by atoms with Crippen LogP contribution in [0.4, 0.5) is 11.6 Å². The maximum atomic E-state index is 12.3. The van der Waals surface area contributed by atoms with Crippen molar-refractivity contribution in [2.24, 2.45) is 4.99 Å². The number of piperidine rings is 1. The second kappa shape index (κ2) is 5.82. The molecule has 10 heteroatoms. The number of nitrogen functional groups attached to an aromatic ring is 2. The normalized spacial score (nSPS) is 22.1. The molecule has 0 bridgehead atoms. The molecule has 6 N–H and O–H groups in total. The number of hydrogen-bond donors (Lipinski definition) is 4. The minimum Gasteiger partial charge on any atom is -0.382 e. The summed E-state index contributed by atoms with van der Waals surface area (Å²) in [6.07, 6.45) is 1.97. The molecule has 2 saturated heterocycles. The highest BCUT2D eigenvalue weighted by Gasteiger charge is 2.39. The molecule has 9 nitrogen and oxygen atoms in total. The summed E-state index contributed by atoms with van der Waals surface area (Å²) in [5.74, 6) is -0.297. The molecular formula is C13H19ClN8O. The molecule has 0 saturated carbocycles.